The second-order valence-electron chi connectivity index (χ2n) is 4.09. The van der Waals surface area contributed by atoms with Crippen molar-refractivity contribution in [3.8, 4) is 0 Å². The van der Waals surface area contributed by atoms with Gasteiger partial charge < -0.3 is 4.90 Å². The molecule has 0 spiro atoms. The Bertz CT molecular complexity index is 532. The maximum Gasteiger partial charge on any atom is 0.220 e. The van der Waals surface area contributed by atoms with Crippen molar-refractivity contribution in [2.45, 2.75) is 19.4 Å². The fraction of sp³-hybridized carbons (Fsp3) is 0.333. The van der Waals surface area contributed by atoms with E-state index in [0.29, 0.717) is 0 Å². The molecule has 0 saturated carbocycles. The number of aromatic nitrogens is 1. The molecular formula is C12H12N2OS2. The average Bonchev–Trinajstić information content (AvgIpc) is 2.98. The Morgan fingerprint density at radius 3 is 3.18 bits per heavy atom. The van der Waals surface area contributed by atoms with Gasteiger partial charge in [-0.2, -0.15) is 0 Å². The molecule has 2 aromatic heterocycles. The second-order valence-corrected chi connectivity index (χ2v) is 5.75. The molecule has 5 heteroatoms. The Morgan fingerprint density at radius 1 is 1.59 bits per heavy atom. The van der Waals surface area contributed by atoms with Crippen molar-refractivity contribution in [1.29, 1.82) is 0 Å². The van der Waals surface area contributed by atoms with Crippen LogP contribution in [0.2, 0.25) is 0 Å². The topological polar surface area (TPSA) is 33.2 Å². The van der Waals surface area contributed by atoms with Gasteiger partial charge in [-0.05, 0) is 23.4 Å². The van der Waals surface area contributed by atoms with Gasteiger partial charge in [-0.1, -0.05) is 0 Å². The van der Waals surface area contributed by atoms with Crippen LogP contribution in [0.1, 0.15) is 29.1 Å². The molecule has 0 aliphatic carbocycles. The minimum absolute atomic E-state index is 0.0301. The molecule has 3 heterocycles. The largest absolute Gasteiger partial charge is 0.329 e. The van der Waals surface area contributed by atoms with Crippen LogP contribution in [0.5, 0.6) is 0 Å². The van der Waals surface area contributed by atoms with Crippen LogP contribution in [0.3, 0.4) is 0 Å². The van der Waals surface area contributed by atoms with Gasteiger partial charge >= 0.3 is 0 Å². The van der Waals surface area contributed by atoms with Gasteiger partial charge in [0.1, 0.15) is 6.04 Å². The van der Waals surface area contributed by atoms with Gasteiger partial charge in [0.15, 0.2) is 0 Å². The Labute approximate surface area is 108 Å². The Morgan fingerprint density at radius 2 is 2.47 bits per heavy atom. The fourth-order valence-corrected chi connectivity index (χ4v) is 3.95. The van der Waals surface area contributed by atoms with Gasteiger partial charge in [-0.25, -0.2) is 4.98 Å². The normalized spacial score (nSPS) is 19.1. The second kappa shape index (κ2) is 4.23. The summed E-state index contributed by atoms with van der Waals surface area (Å²) in [6.45, 7) is 2.43. The first-order valence-corrected chi connectivity index (χ1v) is 7.31. The van der Waals surface area contributed by atoms with Crippen molar-refractivity contribution in [3.05, 3.63) is 38.5 Å². The number of fused-ring (bicyclic) bond motifs is 1. The van der Waals surface area contributed by atoms with E-state index in [1.807, 2.05) is 15.8 Å². The summed E-state index contributed by atoms with van der Waals surface area (Å²) in [5.41, 5.74) is 4.19. The van der Waals surface area contributed by atoms with Crippen LogP contribution in [-0.2, 0) is 11.2 Å². The first-order chi connectivity index (χ1) is 8.27. The third-order valence-corrected chi connectivity index (χ3v) is 4.72. The minimum Gasteiger partial charge on any atom is -0.329 e. The number of thiazole rings is 1. The number of hydrogen-bond acceptors (Lipinski definition) is 4. The molecule has 3 nitrogen and oxygen atoms in total. The van der Waals surface area contributed by atoms with Crippen molar-refractivity contribution < 1.29 is 4.79 Å². The van der Waals surface area contributed by atoms with Crippen LogP contribution in [0.15, 0.2) is 22.3 Å². The van der Waals surface area contributed by atoms with Crippen molar-refractivity contribution in [2.75, 3.05) is 6.54 Å². The molecule has 3 rings (SSSR count). The summed E-state index contributed by atoms with van der Waals surface area (Å²) < 4.78 is 0. The van der Waals surface area contributed by atoms with E-state index in [9.17, 15) is 4.79 Å². The summed E-state index contributed by atoms with van der Waals surface area (Å²) in [6, 6.07) is 2.19. The van der Waals surface area contributed by atoms with E-state index in [1.54, 1.807) is 29.6 Å². The molecule has 1 amide bonds. The van der Waals surface area contributed by atoms with E-state index in [2.05, 4.69) is 16.4 Å². The molecule has 1 atom stereocenters. The molecule has 2 aromatic rings. The summed E-state index contributed by atoms with van der Waals surface area (Å²) in [4.78, 5) is 19.3. The van der Waals surface area contributed by atoms with Gasteiger partial charge in [0, 0.05) is 23.7 Å². The molecule has 1 aliphatic rings. The third-order valence-electron chi connectivity index (χ3n) is 3.10. The van der Waals surface area contributed by atoms with Crippen LogP contribution in [-0.4, -0.2) is 22.3 Å². The highest BCUT2D eigenvalue weighted by Gasteiger charge is 2.32. The van der Waals surface area contributed by atoms with E-state index in [-0.39, 0.29) is 11.9 Å². The lowest BCUT2D eigenvalue weighted by molar-refractivity contribution is -0.130. The predicted molar refractivity (Wildman–Crippen MR) is 69.4 cm³/mol. The van der Waals surface area contributed by atoms with Gasteiger partial charge in [0.25, 0.3) is 0 Å². The van der Waals surface area contributed by atoms with Crippen molar-refractivity contribution in [3.63, 3.8) is 0 Å². The summed E-state index contributed by atoms with van der Waals surface area (Å²) >= 11 is 3.30. The van der Waals surface area contributed by atoms with Crippen molar-refractivity contribution >= 4 is 28.6 Å². The summed E-state index contributed by atoms with van der Waals surface area (Å²) in [7, 11) is 0. The van der Waals surface area contributed by atoms with E-state index in [4.69, 9.17) is 0 Å². The zero-order valence-corrected chi connectivity index (χ0v) is 11.1. The molecule has 17 heavy (non-hydrogen) atoms. The fourth-order valence-electron chi connectivity index (χ4n) is 2.30. The van der Waals surface area contributed by atoms with Crippen molar-refractivity contribution in [1.82, 2.24) is 9.88 Å². The highest BCUT2D eigenvalue weighted by atomic mass is 32.1. The van der Waals surface area contributed by atoms with Crippen LogP contribution in [0.25, 0.3) is 0 Å². The van der Waals surface area contributed by atoms with Gasteiger partial charge in [-0.3, -0.25) is 4.79 Å². The van der Waals surface area contributed by atoms with Crippen LogP contribution in [0, 0.1) is 0 Å². The third kappa shape index (κ3) is 1.79. The smallest absolute Gasteiger partial charge is 0.220 e. The molecule has 0 N–H and O–H groups in total. The van der Waals surface area contributed by atoms with Crippen LogP contribution in [0.4, 0.5) is 0 Å². The predicted octanol–water partition coefficient (Wildman–Crippen LogP) is 2.70. The molecule has 0 saturated heterocycles. The monoisotopic (exact) mass is 264 g/mol. The molecule has 0 fully saturated rings. The van der Waals surface area contributed by atoms with Crippen LogP contribution >= 0.6 is 22.7 Å². The molecule has 0 radical (unpaired) electrons. The number of carbonyl (C=O) groups is 1. The maximum absolute atomic E-state index is 11.7. The minimum atomic E-state index is 0.0301. The van der Waals surface area contributed by atoms with E-state index in [0.717, 1.165) is 18.7 Å². The molecule has 0 bridgehead atoms. The summed E-state index contributed by atoms with van der Waals surface area (Å²) in [5, 5.41) is 4.14. The Kier molecular flexibility index (Phi) is 2.72. The lowest BCUT2D eigenvalue weighted by atomic mass is 9.99. The zero-order valence-electron chi connectivity index (χ0n) is 9.42. The molecule has 1 unspecified atom stereocenters. The van der Waals surface area contributed by atoms with Crippen molar-refractivity contribution in [2.24, 2.45) is 0 Å². The lowest BCUT2D eigenvalue weighted by Crippen LogP contribution is -2.38. The zero-order chi connectivity index (χ0) is 11.8. The highest BCUT2D eigenvalue weighted by molar-refractivity contribution is 7.10. The highest BCUT2D eigenvalue weighted by Crippen LogP contribution is 2.38. The quantitative estimate of drug-likeness (QED) is 0.793. The first-order valence-electron chi connectivity index (χ1n) is 5.49. The summed E-state index contributed by atoms with van der Waals surface area (Å²) in [6.07, 6.45) is 0.957. The SMILES string of the molecule is CC(=O)N1CCc2ccsc2C1c1cscn1. The van der Waals surface area contributed by atoms with Gasteiger partial charge in [0.05, 0.1) is 11.2 Å². The lowest BCUT2D eigenvalue weighted by Gasteiger charge is -2.34. The Hall–Kier alpha value is -1.20. The number of thiophene rings is 1. The van der Waals surface area contributed by atoms with E-state index >= 15 is 0 Å². The number of amides is 1. The number of carbonyl (C=O) groups excluding carboxylic acids is 1. The summed E-state index contributed by atoms with van der Waals surface area (Å²) in [5.74, 6) is 0.127. The van der Waals surface area contributed by atoms with E-state index < -0.39 is 0 Å². The van der Waals surface area contributed by atoms with Gasteiger partial charge in [0.2, 0.25) is 5.91 Å². The maximum atomic E-state index is 11.7. The molecule has 0 aromatic carbocycles. The number of hydrogen-bond donors (Lipinski definition) is 0. The number of rotatable bonds is 1. The van der Waals surface area contributed by atoms with E-state index in [1.165, 1.54) is 10.4 Å². The standard InChI is InChI=1S/C12H12N2OS2/c1-8(15)14-4-2-9-3-5-17-12(9)11(14)10-6-16-7-13-10/h3,5-7,11H,2,4H2,1H3. The molecule has 1 aliphatic heterocycles. The first kappa shape index (κ1) is 10.9. The molecule has 88 valence electrons. The van der Waals surface area contributed by atoms with Gasteiger partial charge in [-0.15, -0.1) is 22.7 Å². The number of nitrogens with zero attached hydrogens (tertiary/aromatic N) is 2. The average molecular weight is 264 g/mol. The van der Waals surface area contributed by atoms with Crippen LogP contribution < -0.4 is 0 Å². The Balaban J connectivity index is 2.09. The molecular weight excluding hydrogens is 252 g/mol.